The topological polar surface area (TPSA) is 91.8 Å². The van der Waals surface area contributed by atoms with E-state index in [0.717, 1.165) is 0 Å². The van der Waals surface area contributed by atoms with E-state index in [1.54, 1.807) is 54.6 Å². The zero-order chi connectivity index (χ0) is 19.7. The van der Waals surface area contributed by atoms with E-state index in [1.165, 1.54) is 11.1 Å². The molecule has 1 N–H and O–H groups in total. The second-order valence-electron chi connectivity index (χ2n) is 6.80. The summed E-state index contributed by atoms with van der Waals surface area (Å²) in [7, 11) is 1.56. The Hall–Kier alpha value is -3.42. The molecular weight excluding hydrogens is 360 g/mol. The largest absolute Gasteiger partial charge is 0.497 e. The monoisotopic (exact) mass is 380 g/mol. The van der Waals surface area contributed by atoms with Crippen LogP contribution in [0.1, 0.15) is 23.2 Å². The number of imide groups is 1. The summed E-state index contributed by atoms with van der Waals surface area (Å²) in [6.07, 6.45) is 4.09. The number of carbonyl (C=O) groups is 3. The van der Waals surface area contributed by atoms with Crippen molar-refractivity contribution in [3.8, 4) is 5.75 Å². The molecule has 0 spiro atoms. The average molecular weight is 380 g/mol. The molecule has 144 valence electrons. The van der Waals surface area contributed by atoms with Crippen LogP contribution in [0.2, 0.25) is 0 Å². The molecule has 1 aromatic heterocycles. The second-order valence-corrected chi connectivity index (χ2v) is 6.80. The number of methoxy groups -OCH3 is 1. The van der Waals surface area contributed by atoms with Gasteiger partial charge in [0, 0.05) is 25.0 Å². The van der Waals surface area contributed by atoms with Crippen molar-refractivity contribution >= 4 is 23.5 Å². The molecule has 2 unspecified atom stereocenters. The number of hydrogen-bond donors (Lipinski definition) is 1. The number of urea groups is 1. The first-order valence-electron chi connectivity index (χ1n) is 9.08. The van der Waals surface area contributed by atoms with E-state index in [-0.39, 0.29) is 23.9 Å². The van der Waals surface area contributed by atoms with Crippen LogP contribution in [0.3, 0.4) is 0 Å². The van der Waals surface area contributed by atoms with Gasteiger partial charge in [-0.3, -0.25) is 14.6 Å². The van der Waals surface area contributed by atoms with Crippen LogP contribution in [-0.2, 0) is 4.79 Å². The highest BCUT2D eigenvalue weighted by molar-refractivity contribution is 6.21. The van der Waals surface area contributed by atoms with Crippen LogP contribution in [0, 0.1) is 0 Å². The van der Waals surface area contributed by atoms with Gasteiger partial charge in [-0.05, 0) is 49.2 Å². The van der Waals surface area contributed by atoms with Crippen LogP contribution in [0.25, 0.3) is 0 Å². The third-order valence-corrected chi connectivity index (χ3v) is 5.13. The zero-order valence-electron chi connectivity index (χ0n) is 15.4. The average Bonchev–Trinajstić information content (AvgIpc) is 2.98. The van der Waals surface area contributed by atoms with Gasteiger partial charge in [0.2, 0.25) is 0 Å². The summed E-state index contributed by atoms with van der Waals surface area (Å²) in [4.78, 5) is 44.8. The first-order valence-corrected chi connectivity index (χ1v) is 9.08. The highest BCUT2D eigenvalue weighted by atomic mass is 16.5. The van der Waals surface area contributed by atoms with E-state index in [2.05, 4.69) is 10.3 Å². The minimum Gasteiger partial charge on any atom is -0.497 e. The Morgan fingerprint density at radius 2 is 2.00 bits per heavy atom. The second kappa shape index (κ2) is 7.30. The summed E-state index contributed by atoms with van der Waals surface area (Å²) in [6, 6.07) is 9.12. The van der Waals surface area contributed by atoms with Crippen molar-refractivity contribution in [2.75, 3.05) is 18.6 Å². The Balaban J connectivity index is 1.47. The molecule has 28 heavy (non-hydrogen) atoms. The fourth-order valence-electron chi connectivity index (χ4n) is 3.67. The molecule has 2 saturated heterocycles. The number of fused-ring (bicyclic) bond motifs is 1. The predicted octanol–water partition coefficient (Wildman–Crippen LogP) is 1.82. The van der Waals surface area contributed by atoms with Crippen molar-refractivity contribution in [1.82, 2.24) is 15.2 Å². The number of nitrogens with zero attached hydrogens (tertiary/aromatic N) is 3. The molecule has 8 heteroatoms. The van der Waals surface area contributed by atoms with Gasteiger partial charge in [-0.1, -0.05) is 0 Å². The Morgan fingerprint density at radius 3 is 2.68 bits per heavy atom. The summed E-state index contributed by atoms with van der Waals surface area (Å²) in [6.45, 7) is 0.417. The van der Waals surface area contributed by atoms with E-state index in [0.29, 0.717) is 36.4 Å². The number of piperidine rings is 1. The van der Waals surface area contributed by atoms with E-state index in [1.807, 2.05) is 0 Å². The van der Waals surface area contributed by atoms with Gasteiger partial charge >= 0.3 is 6.03 Å². The van der Waals surface area contributed by atoms with Crippen molar-refractivity contribution in [1.29, 1.82) is 0 Å². The molecule has 1 aromatic carbocycles. The molecule has 0 radical (unpaired) electrons. The van der Waals surface area contributed by atoms with Crippen LogP contribution in [-0.4, -0.2) is 53.5 Å². The minimum absolute atomic E-state index is 0.179. The van der Waals surface area contributed by atoms with Crippen molar-refractivity contribution in [2.45, 2.75) is 24.9 Å². The van der Waals surface area contributed by atoms with E-state index >= 15 is 0 Å². The van der Waals surface area contributed by atoms with E-state index < -0.39 is 6.04 Å². The first kappa shape index (κ1) is 18.0. The van der Waals surface area contributed by atoms with Crippen LogP contribution < -0.4 is 15.0 Å². The van der Waals surface area contributed by atoms with Gasteiger partial charge in [-0.2, -0.15) is 0 Å². The molecule has 2 aliphatic heterocycles. The van der Waals surface area contributed by atoms with Crippen LogP contribution in [0.15, 0.2) is 48.8 Å². The zero-order valence-corrected chi connectivity index (χ0v) is 15.4. The van der Waals surface area contributed by atoms with Crippen LogP contribution >= 0.6 is 0 Å². The molecular formula is C20H20N4O4. The lowest BCUT2D eigenvalue weighted by molar-refractivity contribution is -0.120. The van der Waals surface area contributed by atoms with Crippen LogP contribution in [0.4, 0.5) is 10.5 Å². The van der Waals surface area contributed by atoms with Gasteiger partial charge in [0.05, 0.1) is 18.4 Å². The number of aromatic nitrogens is 1. The molecule has 0 saturated carbocycles. The normalized spacial score (nSPS) is 21.5. The summed E-state index contributed by atoms with van der Waals surface area (Å²) in [5.74, 6) is 0.157. The minimum atomic E-state index is -0.567. The standard InChI is InChI=1S/C20H20N4O4/c1-28-16-6-4-15(5-7-16)24-19(26)17-11-14(8-10-23(17)20(24)27)22-18(25)13-3-2-9-21-12-13/h2-7,9,12,14,17H,8,10-11H2,1H3,(H,22,25). The van der Waals surface area contributed by atoms with Crippen molar-refractivity contribution in [3.05, 3.63) is 54.4 Å². The Morgan fingerprint density at radius 1 is 1.21 bits per heavy atom. The van der Waals surface area contributed by atoms with Gasteiger partial charge in [0.1, 0.15) is 11.8 Å². The van der Waals surface area contributed by atoms with Gasteiger partial charge in [-0.15, -0.1) is 0 Å². The van der Waals surface area contributed by atoms with Gasteiger partial charge in [0.25, 0.3) is 11.8 Å². The lowest BCUT2D eigenvalue weighted by Gasteiger charge is -2.32. The molecule has 4 amide bonds. The van der Waals surface area contributed by atoms with Gasteiger partial charge in [-0.25, -0.2) is 9.69 Å². The lowest BCUT2D eigenvalue weighted by atomic mass is 9.97. The van der Waals surface area contributed by atoms with Gasteiger partial charge in [0.15, 0.2) is 0 Å². The van der Waals surface area contributed by atoms with Crippen LogP contribution in [0.5, 0.6) is 5.75 Å². The third-order valence-electron chi connectivity index (χ3n) is 5.13. The van der Waals surface area contributed by atoms with Crippen molar-refractivity contribution in [3.63, 3.8) is 0 Å². The molecule has 3 heterocycles. The molecule has 2 aromatic rings. The highest BCUT2D eigenvalue weighted by Crippen LogP contribution is 2.31. The highest BCUT2D eigenvalue weighted by Gasteiger charge is 2.48. The summed E-state index contributed by atoms with van der Waals surface area (Å²) in [5, 5.41) is 2.95. The number of hydrogen-bond acceptors (Lipinski definition) is 5. The third kappa shape index (κ3) is 3.17. The molecule has 8 nitrogen and oxygen atoms in total. The Bertz CT molecular complexity index is 900. The number of anilines is 1. The molecule has 0 bridgehead atoms. The Kier molecular flexibility index (Phi) is 4.68. The SMILES string of the molecule is COc1ccc(N2C(=O)C3CC(NC(=O)c4cccnc4)CCN3C2=O)cc1. The molecule has 4 rings (SSSR count). The van der Waals surface area contributed by atoms with Gasteiger partial charge < -0.3 is 15.0 Å². The number of pyridine rings is 1. The fraction of sp³-hybridized carbons (Fsp3) is 0.300. The Labute approximate surface area is 162 Å². The number of carbonyl (C=O) groups excluding carboxylic acids is 3. The summed E-state index contributed by atoms with van der Waals surface area (Å²) < 4.78 is 5.12. The smallest absolute Gasteiger partial charge is 0.332 e. The van der Waals surface area contributed by atoms with E-state index in [4.69, 9.17) is 4.74 Å². The van der Waals surface area contributed by atoms with Crippen molar-refractivity contribution in [2.24, 2.45) is 0 Å². The predicted molar refractivity (Wildman–Crippen MR) is 101 cm³/mol. The number of amides is 4. The molecule has 2 atom stereocenters. The maximum atomic E-state index is 12.9. The maximum absolute atomic E-state index is 12.9. The molecule has 0 aliphatic carbocycles. The maximum Gasteiger partial charge on any atom is 0.332 e. The summed E-state index contributed by atoms with van der Waals surface area (Å²) >= 11 is 0. The molecule has 2 fully saturated rings. The first-order chi connectivity index (χ1) is 13.6. The lowest BCUT2D eigenvalue weighted by Crippen LogP contribution is -2.49. The number of nitrogens with one attached hydrogen (secondary N) is 1. The number of rotatable bonds is 4. The number of benzene rings is 1. The molecule has 2 aliphatic rings. The number of ether oxygens (including phenoxy) is 1. The van der Waals surface area contributed by atoms with Crippen molar-refractivity contribution < 1.29 is 19.1 Å². The quantitative estimate of drug-likeness (QED) is 0.817. The fourth-order valence-corrected chi connectivity index (χ4v) is 3.67. The van der Waals surface area contributed by atoms with E-state index in [9.17, 15) is 14.4 Å². The summed E-state index contributed by atoms with van der Waals surface area (Å²) in [5.41, 5.74) is 0.986.